The molecular weight excluding hydrogens is 414 g/mol. The molecule has 2 aromatic rings. The lowest BCUT2D eigenvalue weighted by molar-refractivity contribution is -0.128. The number of ether oxygens (including phenoxy) is 1. The molecule has 1 unspecified atom stereocenters. The van der Waals surface area contributed by atoms with Crippen molar-refractivity contribution in [2.45, 2.75) is 70.8 Å². The van der Waals surface area contributed by atoms with Crippen molar-refractivity contribution < 1.29 is 14.3 Å². The molecule has 176 valence electrons. The standard InChI is InChI=1S/C27H35N3O3/c1-27(2,3)33-26(32)30-19-22-12-8-7-11-21(22)17-24(30)25(31)28-23-13-15-29(16-14-23)18-20-9-5-4-6-10-20/h4-12,23-24H,13-19H2,1-3H3,(H,28,31). The van der Waals surface area contributed by atoms with Gasteiger partial charge >= 0.3 is 6.09 Å². The van der Waals surface area contributed by atoms with E-state index in [0.29, 0.717) is 13.0 Å². The molecule has 0 radical (unpaired) electrons. The van der Waals surface area contributed by atoms with Crippen LogP contribution < -0.4 is 5.32 Å². The zero-order valence-electron chi connectivity index (χ0n) is 19.9. The Kier molecular flexibility index (Phi) is 7.03. The highest BCUT2D eigenvalue weighted by Gasteiger charge is 2.37. The summed E-state index contributed by atoms with van der Waals surface area (Å²) in [7, 11) is 0. The first-order valence-electron chi connectivity index (χ1n) is 11.9. The van der Waals surface area contributed by atoms with Crippen molar-refractivity contribution in [1.82, 2.24) is 15.1 Å². The van der Waals surface area contributed by atoms with E-state index < -0.39 is 17.7 Å². The fourth-order valence-electron chi connectivity index (χ4n) is 4.64. The smallest absolute Gasteiger partial charge is 0.411 e. The Labute approximate surface area is 196 Å². The van der Waals surface area contributed by atoms with Gasteiger partial charge in [0, 0.05) is 32.1 Å². The third-order valence-electron chi connectivity index (χ3n) is 6.36. The molecule has 6 heteroatoms. The number of carbonyl (C=O) groups is 2. The molecule has 0 aromatic heterocycles. The van der Waals surface area contributed by atoms with E-state index in [2.05, 4.69) is 34.5 Å². The van der Waals surface area contributed by atoms with Crippen LogP contribution in [0.5, 0.6) is 0 Å². The van der Waals surface area contributed by atoms with Gasteiger partial charge in [-0.25, -0.2) is 4.79 Å². The van der Waals surface area contributed by atoms with E-state index in [1.807, 2.05) is 51.1 Å². The number of fused-ring (bicyclic) bond motifs is 1. The highest BCUT2D eigenvalue weighted by atomic mass is 16.6. The predicted octanol–water partition coefficient (Wildman–Crippen LogP) is 4.13. The second kappa shape index (κ2) is 9.96. The number of hydrogen-bond donors (Lipinski definition) is 1. The van der Waals surface area contributed by atoms with Crippen molar-refractivity contribution in [3.8, 4) is 0 Å². The molecule has 0 bridgehead atoms. The van der Waals surface area contributed by atoms with Crippen LogP contribution in [0.4, 0.5) is 4.79 Å². The van der Waals surface area contributed by atoms with Gasteiger partial charge in [0.15, 0.2) is 0 Å². The lowest BCUT2D eigenvalue weighted by atomic mass is 9.93. The summed E-state index contributed by atoms with van der Waals surface area (Å²) in [5, 5.41) is 3.24. The van der Waals surface area contributed by atoms with E-state index in [1.165, 1.54) is 5.56 Å². The molecule has 2 aliphatic heterocycles. The van der Waals surface area contributed by atoms with Crippen LogP contribution in [-0.4, -0.2) is 52.6 Å². The van der Waals surface area contributed by atoms with Gasteiger partial charge in [-0.3, -0.25) is 14.6 Å². The zero-order chi connectivity index (χ0) is 23.4. The third kappa shape index (κ3) is 6.14. The van der Waals surface area contributed by atoms with Gasteiger partial charge in [0.25, 0.3) is 0 Å². The average molecular weight is 450 g/mol. The Balaban J connectivity index is 1.38. The Morgan fingerprint density at radius 1 is 0.970 bits per heavy atom. The third-order valence-corrected chi connectivity index (χ3v) is 6.36. The fraction of sp³-hybridized carbons (Fsp3) is 0.481. The van der Waals surface area contributed by atoms with E-state index in [1.54, 1.807) is 4.90 Å². The summed E-state index contributed by atoms with van der Waals surface area (Å²) in [5.41, 5.74) is 2.89. The monoisotopic (exact) mass is 449 g/mol. The SMILES string of the molecule is CC(C)(C)OC(=O)N1Cc2ccccc2CC1C(=O)NC1CCN(Cc2ccccc2)CC1. The highest BCUT2D eigenvalue weighted by Crippen LogP contribution is 2.26. The molecule has 2 aromatic carbocycles. The van der Waals surface area contributed by atoms with E-state index in [4.69, 9.17) is 4.74 Å². The van der Waals surface area contributed by atoms with Crippen LogP contribution in [0.1, 0.15) is 50.3 Å². The molecule has 4 rings (SSSR count). The van der Waals surface area contributed by atoms with Crippen LogP contribution in [0.15, 0.2) is 54.6 Å². The van der Waals surface area contributed by atoms with E-state index in [9.17, 15) is 9.59 Å². The minimum atomic E-state index is -0.610. The Bertz CT molecular complexity index is 962. The van der Waals surface area contributed by atoms with Crippen molar-refractivity contribution in [1.29, 1.82) is 0 Å². The zero-order valence-corrected chi connectivity index (χ0v) is 19.9. The number of nitrogens with one attached hydrogen (secondary N) is 1. The number of hydrogen-bond acceptors (Lipinski definition) is 4. The first-order valence-corrected chi connectivity index (χ1v) is 11.9. The number of amides is 2. The van der Waals surface area contributed by atoms with Crippen LogP contribution in [-0.2, 0) is 29.0 Å². The highest BCUT2D eigenvalue weighted by molar-refractivity contribution is 5.86. The minimum Gasteiger partial charge on any atom is -0.444 e. The quantitative estimate of drug-likeness (QED) is 0.763. The minimum absolute atomic E-state index is 0.0862. The number of carbonyl (C=O) groups excluding carboxylic acids is 2. The van der Waals surface area contributed by atoms with Crippen molar-refractivity contribution in [2.75, 3.05) is 13.1 Å². The molecule has 1 atom stereocenters. The summed E-state index contributed by atoms with van der Waals surface area (Å²) in [5.74, 6) is -0.0862. The number of nitrogens with zero attached hydrogens (tertiary/aromatic N) is 2. The Morgan fingerprint density at radius 3 is 2.27 bits per heavy atom. The second-order valence-corrected chi connectivity index (χ2v) is 10.1. The molecule has 0 aliphatic carbocycles. The molecular formula is C27H35N3O3. The summed E-state index contributed by atoms with van der Waals surface area (Å²) < 4.78 is 5.63. The molecule has 2 amide bonds. The van der Waals surface area contributed by atoms with Gasteiger partial charge in [-0.05, 0) is 50.3 Å². The first kappa shape index (κ1) is 23.3. The van der Waals surface area contributed by atoms with E-state index in [-0.39, 0.29) is 11.9 Å². The number of likely N-dealkylation sites (tertiary alicyclic amines) is 1. The van der Waals surface area contributed by atoms with Gasteiger partial charge in [-0.2, -0.15) is 0 Å². The molecule has 6 nitrogen and oxygen atoms in total. The molecule has 1 N–H and O–H groups in total. The number of rotatable bonds is 4. The summed E-state index contributed by atoms with van der Waals surface area (Å²) >= 11 is 0. The van der Waals surface area contributed by atoms with Gasteiger partial charge in [-0.15, -0.1) is 0 Å². The second-order valence-electron chi connectivity index (χ2n) is 10.1. The molecule has 1 fully saturated rings. The summed E-state index contributed by atoms with van der Waals surface area (Å²) in [6.45, 7) is 8.77. The average Bonchev–Trinajstić information content (AvgIpc) is 2.79. The molecule has 2 heterocycles. The van der Waals surface area contributed by atoms with Crippen LogP contribution in [0.25, 0.3) is 0 Å². The van der Waals surface area contributed by atoms with E-state index >= 15 is 0 Å². The number of benzene rings is 2. The maximum Gasteiger partial charge on any atom is 0.411 e. The lowest BCUT2D eigenvalue weighted by Crippen LogP contribution is -2.56. The number of piperidine rings is 1. The summed E-state index contributed by atoms with van der Waals surface area (Å²) in [6, 6.07) is 18.1. The normalized spacial score (nSPS) is 19.6. The molecule has 2 aliphatic rings. The predicted molar refractivity (Wildman–Crippen MR) is 129 cm³/mol. The van der Waals surface area contributed by atoms with Crippen molar-refractivity contribution >= 4 is 12.0 Å². The van der Waals surface area contributed by atoms with Crippen molar-refractivity contribution in [3.05, 3.63) is 71.3 Å². The molecule has 33 heavy (non-hydrogen) atoms. The molecule has 0 spiro atoms. The van der Waals surface area contributed by atoms with E-state index in [0.717, 1.165) is 43.6 Å². The van der Waals surface area contributed by atoms with Gasteiger partial charge in [-0.1, -0.05) is 54.6 Å². The molecule has 1 saturated heterocycles. The van der Waals surface area contributed by atoms with Crippen molar-refractivity contribution in [3.63, 3.8) is 0 Å². The maximum atomic E-state index is 13.4. The van der Waals surface area contributed by atoms with Crippen LogP contribution >= 0.6 is 0 Å². The topological polar surface area (TPSA) is 61.9 Å². The Morgan fingerprint density at radius 2 is 1.61 bits per heavy atom. The lowest BCUT2D eigenvalue weighted by Gasteiger charge is -2.38. The first-order chi connectivity index (χ1) is 15.8. The summed E-state index contributed by atoms with van der Waals surface area (Å²) in [6.07, 6.45) is 1.89. The van der Waals surface area contributed by atoms with Crippen LogP contribution in [0.2, 0.25) is 0 Å². The van der Waals surface area contributed by atoms with Gasteiger partial charge in [0.1, 0.15) is 11.6 Å². The van der Waals surface area contributed by atoms with Crippen molar-refractivity contribution in [2.24, 2.45) is 0 Å². The van der Waals surface area contributed by atoms with Gasteiger partial charge in [0.2, 0.25) is 5.91 Å². The van der Waals surface area contributed by atoms with Gasteiger partial charge < -0.3 is 10.1 Å². The maximum absolute atomic E-state index is 13.4. The largest absolute Gasteiger partial charge is 0.444 e. The van der Waals surface area contributed by atoms with Crippen LogP contribution in [0.3, 0.4) is 0 Å². The summed E-state index contributed by atoms with van der Waals surface area (Å²) in [4.78, 5) is 30.3. The van der Waals surface area contributed by atoms with Crippen LogP contribution in [0, 0.1) is 0 Å². The van der Waals surface area contributed by atoms with Gasteiger partial charge in [0.05, 0.1) is 6.54 Å². The molecule has 0 saturated carbocycles. The Hall–Kier alpha value is -2.86. The fourth-order valence-corrected chi connectivity index (χ4v) is 4.64.